The molecule has 0 spiro atoms. The van der Waals surface area contributed by atoms with Gasteiger partial charge in [-0.3, -0.25) is 0 Å². The Morgan fingerprint density at radius 1 is 1.50 bits per heavy atom. The number of rotatable bonds is 2. The molecule has 0 aliphatic heterocycles. The summed E-state index contributed by atoms with van der Waals surface area (Å²) in [7, 11) is 0. The highest BCUT2D eigenvalue weighted by atomic mass is 16.6. The molecule has 1 rings (SSSR count). The van der Waals surface area contributed by atoms with Crippen molar-refractivity contribution in [2.45, 2.75) is 52.7 Å². The van der Waals surface area contributed by atoms with Crippen LogP contribution in [-0.2, 0) is 4.74 Å². The molecule has 0 heterocycles. The Morgan fingerprint density at radius 2 is 2.06 bits per heavy atom. The number of carbonyl (C=O) groups is 1. The van der Waals surface area contributed by atoms with Crippen LogP contribution >= 0.6 is 0 Å². The average molecular weight is 229 g/mol. The van der Waals surface area contributed by atoms with Crippen molar-refractivity contribution in [3.63, 3.8) is 0 Å². The van der Waals surface area contributed by atoms with Gasteiger partial charge in [-0.15, -0.1) is 0 Å². The fourth-order valence-corrected chi connectivity index (χ4v) is 1.86. The van der Waals surface area contributed by atoms with Crippen LogP contribution in [0.4, 0.5) is 4.79 Å². The number of aliphatic hydroxyl groups is 1. The van der Waals surface area contributed by atoms with E-state index in [9.17, 15) is 9.90 Å². The van der Waals surface area contributed by atoms with Gasteiger partial charge in [0.05, 0.1) is 6.10 Å². The maximum atomic E-state index is 11.4. The molecule has 1 aliphatic carbocycles. The van der Waals surface area contributed by atoms with Gasteiger partial charge in [0.25, 0.3) is 0 Å². The van der Waals surface area contributed by atoms with Gasteiger partial charge in [-0.25, -0.2) is 4.79 Å². The van der Waals surface area contributed by atoms with E-state index in [0.29, 0.717) is 12.5 Å². The Kier molecular flexibility index (Phi) is 3.53. The van der Waals surface area contributed by atoms with Gasteiger partial charge in [-0.05, 0) is 38.5 Å². The number of ether oxygens (including phenoxy) is 1. The Labute approximate surface area is 97.4 Å². The molecule has 0 bridgehead atoms. The number of nitrogens with one attached hydrogen (secondary N) is 1. The smallest absolute Gasteiger partial charge is 0.407 e. The van der Waals surface area contributed by atoms with Crippen molar-refractivity contribution < 1.29 is 14.6 Å². The maximum Gasteiger partial charge on any atom is 0.407 e. The molecule has 0 aromatic rings. The van der Waals surface area contributed by atoms with Gasteiger partial charge >= 0.3 is 6.09 Å². The zero-order valence-corrected chi connectivity index (χ0v) is 10.8. The summed E-state index contributed by atoms with van der Waals surface area (Å²) in [4.78, 5) is 11.4. The fraction of sp³-hybridized carbons (Fsp3) is 0.917. The van der Waals surface area contributed by atoms with Gasteiger partial charge in [-0.1, -0.05) is 13.8 Å². The van der Waals surface area contributed by atoms with Crippen molar-refractivity contribution in [3.05, 3.63) is 0 Å². The topological polar surface area (TPSA) is 58.6 Å². The summed E-state index contributed by atoms with van der Waals surface area (Å²) in [5, 5.41) is 12.3. The third-order valence-electron chi connectivity index (χ3n) is 3.31. The highest BCUT2D eigenvalue weighted by Crippen LogP contribution is 2.45. The number of hydrogen-bond acceptors (Lipinski definition) is 3. The Hall–Kier alpha value is -0.770. The summed E-state index contributed by atoms with van der Waals surface area (Å²) in [6, 6.07) is 0. The first kappa shape index (κ1) is 13.3. The van der Waals surface area contributed by atoms with Gasteiger partial charge in [0.2, 0.25) is 0 Å². The van der Waals surface area contributed by atoms with E-state index in [1.165, 1.54) is 0 Å². The van der Waals surface area contributed by atoms with Crippen molar-refractivity contribution >= 4 is 6.09 Å². The summed E-state index contributed by atoms with van der Waals surface area (Å²) in [6.07, 6.45) is 0.116. The van der Waals surface area contributed by atoms with Crippen LogP contribution in [0.1, 0.15) is 41.0 Å². The molecule has 0 saturated heterocycles. The van der Waals surface area contributed by atoms with E-state index in [0.717, 1.165) is 6.42 Å². The second kappa shape index (κ2) is 4.24. The van der Waals surface area contributed by atoms with E-state index < -0.39 is 5.60 Å². The minimum absolute atomic E-state index is 0.102. The minimum Gasteiger partial charge on any atom is -0.444 e. The molecule has 1 amide bonds. The van der Waals surface area contributed by atoms with Crippen LogP contribution in [0.15, 0.2) is 0 Å². The Balaban J connectivity index is 2.29. The van der Waals surface area contributed by atoms with E-state index in [-0.39, 0.29) is 17.6 Å². The molecule has 1 aliphatic rings. The molecule has 4 nitrogen and oxygen atoms in total. The molecule has 2 atom stereocenters. The molecule has 94 valence electrons. The minimum atomic E-state index is -0.460. The van der Waals surface area contributed by atoms with Gasteiger partial charge in [0.1, 0.15) is 5.60 Å². The lowest BCUT2D eigenvalue weighted by Gasteiger charge is -2.49. The van der Waals surface area contributed by atoms with Gasteiger partial charge in [0, 0.05) is 6.54 Å². The molecule has 16 heavy (non-hydrogen) atoms. The molecule has 1 fully saturated rings. The van der Waals surface area contributed by atoms with Gasteiger partial charge < -0.3 is 15.2 Å². The van der Waals surface area contributed by atoms with Crippen molar-refractivity contribution in [1.82, 2.24) is 5.32 Å². The molecule has 2 N–H and O–H groups in total. The second-order valence-electron chi connectivity index (χ2n) is 6.15. The number of amides is 1. The molecule has 0 radical (unpaired) electrons. The van der Waals surface area contributed by atoms with E-state index in [2.05, 4.69) is 5.32 Å². The Morgan fingerprint density at radius 3 is 2.44 bits per heavy atom. The first-order valence-corrected chi connectivity index (χ1v) is 5.78. The van der Waals surface area contributed by atoms with Crippen LogP contribution in [0.2, 0.25) is 0 Å². The van der Waals surface area contributed by atoms with Crippen molar-refractivity contribution in [2.75, 3.05) is 6.54 Å². The highest BCUT2D eigenvalue weighted by Gasteiger charge is 2.46. The normalized spacial score (nSPS) is 28.1. The number of hydrogen-bond donors (Lipinski definition) is 2. The standard InChI is InChI=1S/C12H23NO3/c1-11(2,3)16-10(15)13-7-8-6-9(14)12(8,4)5/h8-9,14H,6-7H2,1-5H3,(H,13,15)/t8-,9-/m0/s1. The SMILES string of the molecule is CC(C)(C)OC(=O)NC[C@@H]1C[C@H](O)C1(C)C. The summed E-state index contributed by atoms with van der Waals surface area (Å²) >= 11 is 0. The first-order chi connectivity index (χ1) is 7.13. The number of alkyl carbamates (subject to hydrolysis) is 1. The second-order valence-corrected chi connectivity index (χ2v) is 6.15. The van der Waals surface area contributed by atoms with Crippen molar-refractivity contribution in [1.29, 1.82) is 0 Å². The lowest BCUT2D eigenvalue weighted by molar-refractivity contribution is -0.0965. The molecule has 0 aromatic heterocycles. The number of aliphatic hydroxyl groups excluding tert-OH is 1. The van der Waals surface area contributed by atoms with Crippen LogP contribution in [0.5, 0.6) is 0 Å². The lowest BCUT2D eigenvalue weighted by atomic mass is 9.60. The van der Waals surface area contributed by atoms with Gasteiger partial charge in [0.15, 0.2) is 0 Å². The third-order valence-corrected chi connectivity index (χ3v) is 3.31. The molecular weight excluding hydrogens is 206 g/mol. The van der Waals surface area contributed by atoms with E-state index in [1.54, 1.807) is 0 Å². The summed E-state index contributed by atoms with van der Waals surface area (Å²) in [5.74, 6) is 0.329. The molecule has 4 heteroatoms. The van der Waals surface area contributed by atoms with Crippen LogP contribution in [-0.4, -0.2) is 29.4 Å². The molecule has 0 unspecified atom stereocenters. The van der Waals surface area contributed by atoms with Gasteiger partial charge in [-0.2, -0.15) is 0 Å². The van der Waals surface area contributed by atoms with Crippen molar-refractivity contribution in [3.8, 4) is 0 Å². The predicted molar refractivity (Wildman–Crippen MR) is 62.1 cm³/mol. The summed E-state index contributed by atoms with van der Waals surface area (Å²) < 4.78 is 5.14. The Bertz CT molecular complexity index is 268. The zero-order chi connectivity index (χ0) is 12.6. The van der Waals surface area contributed by atoms with Crippen LogP contribution in [0.3, 0.4) is 0 Å². The van der Waals surface area contributed by atoms with Crippen LogP contribution in [0, 0.1) is 11.3 Å². The quantitative estimate of drug-likeness (QED) is 0.760. The average Bonchev–Trinajstić information content (AvgIpc) is 2.09. The highest BCUT2D eigenvalue weighted by molar-refractivity contribution is 5.67. The zero-order valence-electron chi connectivity index (χ0n) is 10.8. The van der Waals surface area contributed by atoms with Crippen LogP contribution < -0.4 is 5.32 Å². The fourth-order valence-electron chi connectivity index (χ4n) is 1.86. The summed E-state index contributed by atoms with van der Waals surface area (Å²) in [5.41, 5.74) is -0.562. The van der Waals surface area contributed by atoms with Crippen molar-refractivity contribution in [2.24, 2.45) is 11.3 Å². The summed E-state index contributed by atoms with van der Waals surface area (Å²) in [6.45, 7) is 10.1. The van der Waals surface area contributed by atoms with Crippen LogP contribution in [0.25, 0.3) is 0 Å². The lowest BCUT2D eigenvalue weighted by Crippen LogP contribution is -2.53. The predicted octanol–water partition coefficient (Wildman–Crippen LogP) is 1.92. The molecule has 0 aromatic carbocycles. The first-order valence-electron chi connectivity index (χ1n) is 5.78. The third kappa shape index (κ3) is 3.11. The molecule has 1 saturated carbocycles. The van der Waals surface area contributed by atoms with E-state index in [1.807, 2.05) is 34.6 Å². The molecular formula is C12H23NO3. The number of carbonyl (C=O) groups excluding carboxylic acids is 1. The van der Waals surface area contributed by atoms with E-state index in [4.69, 9.17) is 4.74 Å². The largest absolute Gasteiger partial charge is 0.444 e. The van der Waals surface area contributed by atoms with E-state index >= 15 is 0 Å². The monoisotopic (exact) mass is 229 g/mol. The maximum absolute atomic E-state index is 11.4.